The van der Waals surface area contributed by atoms with E-state index in [1.807, 2.05) is 24.3 Å². The van der Waals surface area contributed by atoms with E-state index in [-0.39, 0.29) is 10.5 Å². The summed E-state index contributed by atoms with van der Waals surface area (Å²) >= 11 is 7.82. The van der Waals surface area contributed by atoms with Crippen LogP contribution in [0.15, 0.2) is 54.6 Å². The van der Waals surface area contributed by atoms with E-state index < -0.39 is 11.7 Å². The fraction of sp³-hybridized carbons (Fsp3) is 0.200. The van der Waals surface area contributed by atoms with Gasteiger partial charge in [0.2, 0.25) is 0 Å². The number of H-pyrrole nitrogens is 1. The van der Waals surface area contributed by atoms with E-state index in [0.29, 0.717) is 24.0 Å². The molecule has 3 N–H and O–H groups in total. The van der Waals surface area contributed by atoms with Crippen LogP contribution in [0.5, 0.6) is 0 Å². The van der Waals surface area contributed by atoms with Crippen molar-refractivity contribution in [3.63, 3.8) is 0 Å². The van der Waals surface area contributed by atoms with Crippen LogP contribution in [0.25, 0.3) is 42.3 Å². The van der Waals surface area contributed by atoms with Crippen molar-refractivity contribution >= 4 is 54.0 Å². The Morgan fingerprint density at radius 2 is 1.69 bits per heavy atom. The van der Waals surface area contributed by atoms with Crippen molar-refractivity contribution in [3.8, 4) is 11.3 Å². The molecule has 2 aromatic heterocycles. The van der Waals surface area contributed by atoms with Gasteiger partial charge >= 0.3 is 6.18 Å². The molecule has 5 rings (SSSR count). The monoisotopic (exact) mass is 472 g/mol. The summed E-state index contributed by atoms with van der Waals surface area (Å²) in [4.78, 5) is 3.11. The standard InChI is InChI=1S/C25H20ClF3N2S/c26-15-12-19-17(6-3-4-10-30)23(31-24(19)20(13-15)25(27,28)29)14-8-9-22-18(11-14)16-5-1-2-7-21(16)32-22/h1-2,5,7-9,11-13,31H,3-4,6,10,30H2. The summed E-state index contributed by atoms with van der Waals surface area (Å²) in [7, 11) is 0. The van der Waals surface area contributed by atoms with Gasteiger partial charge in [0, 0.05) is 36.3 Å². The van der Waals surface area contributed by atoms with Crippen molar-refractivity contribution in [2.24, 2.45) is 5.73 Å². The molecule has 0 saturated heterocycles. The van der Waals surface area contributed by atoms with E-state index in [1.165, 1.54) is 4.70 Å². The molecule has 0 aliphatic heterocycles. The van der Waals surface area contributed by atoms with Gasteiger partial charge in [-0.2, -0.15) is 13.2 Å². The van der Waals surface area contributed by atoms with E-state index in [1.54, 1.807) is 17.4 Å². The van der Waals surface area contributed by atoms with Crippen LogP contribution in [-0.2, 0) is 12.6 Å². The van der Waals surface area contributed by atoms with Crippen LogP contribution in [0.4, 0.5) is 13.2 Å². The third kappa shape index (κ3) is 3.66. The van der Waals surface area contributed by atoms with Gasteiger partial charge in [-0.05, 0) is 67.3 Å². The quantitative estimate of drug-likeness (QED) is 0.249. The number of aryl methyl sites for hydroxylation is 1. The molecule has 0 fully saturated rings. The maximum atomic E-state index is 13.8. The van der Waals surface area contributed by atoms with Crippen LogP contribution in [0.3, 0.4) is 0 Å². The molecule has 5 aromatic rings. The Hall–Kier alpha value is -2.54. The highest BCUT2D eigenvalue weighted by Gasteiger charge is 2.34. The van der Waals surface area contributed by atoms with Gasteiger partial charge in [0.15, 0.2) is 0 Å². The van der Waals surface area contributed by atoms with Gasteiger partial charge in [-0.1, -0.05) is 35.9 Å². The molecule has 2 nitrogen and oxygen atoms in total. The Kier molecular flexibility index (Phi) is 5.40. The summed E-state index contributed by atoms with van der Waals surface area (Å²) in [5.41, 5.74) is 7.42. The second-order valence-corrected chi connectivity index (χ2v) is 9.43. The molecule has 0 atom stereocenters. The van der Waals surface area contributed by atoms with Crippen molar-refractivity contribution in [2.75, 3.05) is 6.54 Å². The number of halogens is 4. The highest BCUT2D eigenvalue weighted by molar-refractivity contribution is 7.25. The number of alkyl halides is 3. The zero-order chi connectivity index (χ0) is 22.5. The van der Waals surface area contributed by atoms with Crippen LogP contribution in [0.2, 0.25) is 5.02 Å². The maximum absolute atomic E-state index is 13.8. The minimum absolute atomic E-state index is 0.0785. The minimum Gasteiger partial charge on any atom is -0.354 e. The number of hydrogen-bond donors (Lipinski definition) is 2. The summed E-state index contributed by atoms with van der Waals surface area (Å²) in [6.45, 7) is 0.541. The summed E-state index contributed by atoms with van der Waals surface area (Å²) in [5, 5.41) is 2.85. The molecule has 0 unspecified atom stereocenters. The average Bonchev–Trinajstić information content (AvgIpc) is 3.30. The first-order valence-corrected chi connectivity index (χ1v) is 11.6. The van der Waals surface area contributed by atoms with Gasteiger partial charge in [-0.25, -0.2) is 0 Å². The molecule has 0 aliphatic carbocycles. The predicted molar refractivity (Wildman–Crippen MR) is 129 cm³/mol. The Bertz CT molecular complexity index is 1450. The second kappa shape index (κ2) is 8.10. The number of nitrogens with one attached hydrogen (secondary N) is 1. The predicted octanol–water partition coefficient (Wildman–Crippen LogP) is 8.16. The Morgan fingerprint density at radius 1 is 0.906 bits per heavy atom. The topological polar surface area (TPSA) is 41.8 Å². The van der Waals surface area contributed by atoms with Crippen molar-refractivity contribution in [1.29, 1.82) is 0 Å². The average molecular weight is 473 g/mol. The van der Waals surface area contributed by atoms with E-state index in [0.717, 1.165) is 45.5 Å². The first-order chi connectivity index (χ1) is 15.4. The number of fused-ring (bicyclic) bond motifs is 4. The Labute approximate surface area is 191 Å². The molecule has 0 saturated carbocycles. The van der Waals surface area contributed by atoms with E-state index in [4.69, 9.17) is 17.3 Å². The SMILES string of the molecule is NCCCCc1c(-c2ccc3sc4ccccc4c3c2)[nH]c2c(C(F)(F)F)cc(Cl)cc12. The number of rotatable bonds is 5. The third-order valence-electron chi connectivity index (χ3n) is 5.83. The summed E-state index contributed by atoms with van der Waals surface area (Å²) in [6.07, 6.45) is -2.30. The number of aromatic nitrogens is 1. The molecule has 0 aliphatic rings. The second-order valence-electron chi connectivity index (χ2n) is 7.91. The summed E-state index contributed by atoms with van der Waals surface area (Å²) < 4.78 is 43.7. The van der Waals surface area contributed by atoms with Crippen molar-refractivity contribution in [2.45, 2.75) is 25.4 Å². The van der Waals surface area contributed by atoms with E-state index in [9.17, 15) is 13.2 Å². The molecule has 32 heavy (non-hydrogen) atoms. The molecule has 0 bridgehead atoms. The van der Waals surface area contributed by atoms with Crippen LogP contribution < -0.4 is 5.73 Å². The zero-order valence-electron chi connectivity index (χ0n) is 17.0. The number of benzene rings is 3. The molecule has 0 spiro atoms. The maximum Gasteiger partial charge on any atom is 0.418 e. The lowest BCUT2D eigenvalue weighted by molar-refractivity contribution is -0.136. The molecular formula is C25H20ClF3N2S. The number of unbranched alkanes of at least 4 members (excludes halogenated alkanes) is 1. The van der Waals surface area contributed by atoms with Gasteiger partial charge in [0.05, 0.1) is 11.1 Å². The van der Waals surface area contributed by atoms with Gasteiger partial charge in [0.1, 0.15) is 0 Å². The van der Waals surface area contributed by atoms with Gasteiger partial charge in [0.25, 0.3) is 0 Å². The van der Waals surface area contributed by atoms with Crippen LogP contribution in [0, 0.1) is 0 Å². The molecule has 0 amide bonds. The van der Waals surface area contributed by atoms with Gasteiger partial charge in [-0.3, -0.25) is 0 Å². The van der Waals surface area contributed by atoms with Crippen LogP contribution in [-0.4, -0.2) is 11.5 Å². The molecule has 7 heteroatoms. The lowest BCUT2D eigenvalue weighted by Crippen LogP contribution is -2.05. The molecular weight excluding hydrogens is 453 g/mol. The van der Waals surface area contributed by atoms with E-state index >= 15 is 0 Å². The number of hydrogen-bond acceptors (Lipinski definition) is 2. The smallest absolute Gasteiger partial charge is 0.354 e. The highest BCUT2D eigenvalue weighted by atomic mass is 35.5. The van der Waals surface area contributed by atoms with Gasteiger partial charge < -0.3 is 10.7 Å². The zero-order valence-corrected chi connectivity index (χ0v) is 18.6. The highest BCUT2D eigenvalue weighted by Crippen LogP contribution is 2.42. The van der Waals surface area contributed by atoms with Crippen molar-refractivity contribution in [1.82, 2.24) is 4.98 Å². The fourth-order valence-corrected chi connectivity index (χ4v) is 5.68. The van der Waals surface area contributed by atoms with Gasteiger partial charge in [-0.15, -0.1) is 11.3 Å². The van der Waals surface area contributed by atoms with E-state index in [2.05, 4.69) is 23.2 Å². The number of thiophene rings is 1. The van der Waals surface area contributed by atoms with Crippen molar-refractivity contribution < 1.29 is 13.2 Å². The minimum atomic E-state index is -4.51. The number of aromatic amines is 1. The largest absolute Gasteiger partial charge is 0.418 e. The molecule has 164 valence electrons. The number of nitrogens with two attached hydrogens (primary N) is 1. The summed E-state index contributed by atoms with van der Waals surface area (Å²) in [5.74, 6) is 0. The fourth-order valence-electron chi connectivity index (χ4n) is 4.37. The van der Waals surface area contributed by atoms with Crippen LogP contribution in [0.1, 0.15) is 24.0 Å². The normalized spacial score (nSPS) is 12.4. The first kappa shape index (κ1) is 21.3. The summed E-state index contributed by atoms with van der Waals surface area (Å²) in [6, 6.07) is 16.9. The van der Waals surface area contributed by atoms with Crippen molar-refractivity contribution in [3.05, 3.63) is 70.7 Å². The molecule has 2 heterocycles. The molecule has 3 aromatic carbocycles. The lowest BCUT2D eigenvalue weighted by atomic mass is 9.98. The third-order valence-corrected chi connectivity index (χ3v) is 7.20. The molecule has 0 radical (unpaired) electrons. The Morgan fingerprint density at radius 3 is 2.47 bits per heavy atom. The van der Waals surface area contributed by atoms with Crippen LogP contribution >= 0.6 is 22.9 Å². The first-order valence-electron chi connectivity index (χ1n) is 10.4. The lowest BCUT2D eigenvalue weighted by Gasteiger charge is -2.09. The Balaban J connectivity index is 1.77.